The molecule has 96 valence electrons. The molecule has 0 aliphatic heterocycles. The van der Waals surface area contributed by atoms with Gasteiger partial charge in [0.15, 0.2) is 0 Å². The van der Waals surface area contributed by atoms with E-state index >= 15 is 0 Å². The lowest BCUT2D eigenvalue weighted by Gasteiger charge is -2.13. The highest BCUT2D eigenvalue weighted by Crippen LogP contribution is 2.28. The van der Waals surface area contributed by atoms with Crippen LogP contribution >= 0.6 is 11.6 Å². The van der Waals surface area contributed by atoms with E-state index in [1.54, 1.807) is 10.9 Å². The van der Waals surface area contributed by atoms with Crippen LogP contribution in [0, 0.1) is 0 Å². The first-order valence-corrected chi connectivity index (χ1v) is 6.37. The van der Waals surface area contributed by atoms with Gasteiger partial charge in [0.05, 0.1) is 17.3 Å². The summed E-state index contributed by atoms with van der Waals surface area (Å²) in [7, 11) is 0. The van der Waals surface area contributed by atoms with E-state index < -0.39 is 0 Å². The number of para-hydroxylation sites is 1. The number of hydrogen-bond donors (Lipinski definition) is 2. The van der Waals surface area contributed by atoms with Gasteiger partial charge in [-0.1, -0.05) is 17.7 Å². The van der Waals surface area contributed by atoms with Gasteiger partial charge in [0.2, 0.25) is 0 Å². The van der Waals surface area contributed by atoms with Gasteiger partial charge in [-0.15, -0.1) is 0 Å². The smallest absolute Gasteiger partial charge is 0.106 e. The van der Waals surface area contributed by atoms with Crippen molar-refractivity contribution in [2.24, 2.45) is 0 Å². The van der Waals surface area contributed by atoms with Gasteiger partial charge in [-0.3, -0.25) is 0 Å². The summed E-state index contributed by atoms with van der Waals surface area (Å²) in [5, 5.41) is 8.27. The van der Waals surface area contributed by atoms with Gasteiger partial charge in [-0.25, -0.2) is 4.68 Å². The van der Waals surface area contributed by atoms with E-state index in [-0.39, 0.29) is 0 Å². The number of halogens is 1. The number of aromatic nitrogens is 3. The maximum Gasteiger partial charge on any atom is 0.106 e. The van der Waals surface area contributed by atoms with Crippen molar-refractivity contribution in [1.29, 1.82) is 0 Å². The lowest BCUT2D eigenvalue weighted by atomic mass is 10.2. The number of nitrogens with zero attached hydrogens (tertiary/aromatic N) is 2. The maximum atomic E-state index is 6.27. The van der Waals surface area contributed by atoms with Crippen LogP contribution in [0.4, 0.5) is 5.69 Å². The third kappa shape index (κ3) is 2.48. The molecule has 0 saturated carbocycles. The van der Waals surface area contributed by atoms with Crippen molar-refractivity contribution in [2.75, 3.05) is 5.32 Å². The van der Waals surface area contributed by atoms with Crippen molar-refractivity contribution in [2.45, 2.75) is 6.54 Å². The number of nitrogens with one attached hydrogen (secondary N) is 2. The predicted molar refractivity (Wildman–Crippen MR) is 76.7 cm³/mol. The molecule has 19 heavy (non-hydrogen) atoms. The summed E-state index contributed by atoms with van der Waals surface area (Å²) in [6, 6.07) is 11.7. The Morgan fingerprint density at radius 2 is 2.16 bits per heavy atom. The van der Waals surface area contributed by atoms with Crippen molar-refractivity contribution >= 4 is 17.3 Å². The number of hydrogen-bond acceptors (Lipinski definition) is 2. The van der Waals surface area contributed by atoms with Crippen LogP contribution in [-0.4, -0.2) is 14.8 Å². The van der Waals surface area contributed by atoms with Gasteiger partial charge in [-0.2, -0.15) is 5.10 Å². The van der Waals surface area contributed by atoms with Crippen molar-refractivity contribution < 1.29 is 0 Å². The Morgan fingerprint density at radius 3 is 2.89 bits per heavy atom. The second-order valence-electron chi connectivity index (χ2n) is 4.14. The number of aromatic amines is 1. The van der Waals surface area contributed by atoms with Crippen molar-refractivity contribution in [1.82, 2.24) is 14.8 Å². The van der Waals surface area contributed by atoms with E-state index in [2.05, 4.69) is 15.4 Å². The largest absolute Gasteiger partial charge is 0.378 e. The summed E-state index contributed by atoms with van der Waals surface area (Å²) in [5.74, 6) is 0. The number of rotatable bonds is 4. The quantitative estimate of drug-likeness (QED) is 0.764. The molecule has 0 bridgehead atoms. The Balaban J connectivity index is 1.91. The second-order valence-corrected chi connectivity index (χ2v) is 4.54. The molecule has 0 fully saturated rings. The topological polar surface area (TPSA) is 45.6 Å². The van der Waals surface area contributed by atoms with Crippen LogP contribution in [0.5, 0.6) is 0 Å². The van der Waals surface area contributed by atoms with E-state index in [1.807, 2.05) is 48.8 Å². The van der Waals surface area contributed by atoms with E-state index in [0.29, 0.717) is 11.6 Å². The van der Waals surface area contributed by atoms with Crippen LogP contribution < -0.4 is 5.32 Å². The van der Waals surface area contributed by atoms with Gasteiger partial charge in [-0.05, 0) is 30.3 Å². The Kier molecular flexibility index (Phi) is 3.25. The molecule has 0 aliphatic carbocycles. The fraction of sp³-hybridized carbons (Fsp3) is 0.0714. The van der Waals surface area contributed by atoms with E-state index in [1.165, 1.54) is 0 Å². The first kappa shape index (κ1) is 11.9. The Hall–Kier alpha value is -2.20. The Morgan fingerprint density at radius 1 is 1.21 bits per heavy atom. The summed E-state index contributed by atoms with van der Waals surface area (Å²) in [6.07, 6.45) is 5.52. The molecule has 3 rings (SSSR count). The van der Waals surface area contributed by atoms with Crippen LogP contribution in [0.25, 0.3) is 5.69 Å². The van der Waals surface area contributed by atoms with Gasteiger partial charge in [0.1, 0.15) is 5.69 Å². The molecule has 0 aliphatic rings. The minimum atomic E-state index is 0.667. The Bertz CT molecular complexity index is 644. The molecule has 0 spiro atoms. The van der Waals surface area contributed by atoms with Crippen molar-refractivity contribution in [3.8, 4) is 5.69 Å². The fourth-order valence-electron chi connectivity index (χ4n) is 1.96. The molecule has 0 amide bonds. The van der Waals surface area contributed by atoms with E-state index in [4.69, 9.17) is 11.6 Å². The summed E-state index contributed by atoms with van der Waals surface area (Å²) in [5.41, 5.74) is 2.93. The molecular formula is C14H13ClN4. The second kappa shape index (κ2) is 5.20. The molecular weight excluding hydrogens is 260 g/mol. The van der Waals surface area contributed by atoms with Gasteiger partial charge in [0, 0.05) is 24.3 Å². The molecule has 1 aromatic carbocycles. The Labute approximate surface area is 116 Å². The highest BCUT2D eigenvalue weighted by molar-refractivity contribution is 6.33. The third-order valence-electron chi connectivity index (χ3n) is 2.85. The summed E-state index contributed by atoms with van der Waals surface area (Å²) < 4.78 is 1.76. The van der Waals surface area contributed by atoms with Crippen molar-refractivity contribution in [3.63, 3.8) is 0 Å². The average Bonchev–Trinajstić information content (AvgIpc) is 3.09. The molecule has 2 aromatic heterocycles. The monoisotopic (exact) mass is 272 g/mol. The van der Waals surface area contributed by atoms with Gasteiger partial charge in [0.25, 0.3) is 0 Å². The predicted octanol–water partition coefficient (Wildman–Crippen LogP) is 3.47. The summed E-state index contributed by atoms with van der Waals surface area (Å²) in [4.78, 5) is 3.16. The molecule has 5 heteroatoms. The molecule has 2 N–H and O–H groups in total. The third-order valence-corrected chi connectivity index (χ3v) is 3.16. The number of benzene rings is 1. The molecule has 4 nitrogen and oxygen atoms in total. The first-order valence-electron chi connectivity index (χ1n) is 5.99. The number of anilines is 1. The standard InChI is InChI=1S/C14H13ClN4/c15-12-5-1-6-13(14(12)19-9-3-8-18-19)17-10-11-4-2-7-16-11/h1-9,16-17H,10H2. The average molecular weight is 273 g/mol. The van der Waals surface area contributed by atoms with Crippen LogP contribution in [-0.2, 0) is 6.54 Å². The molecule has 0 unspecified atom stereocenters. The minimum Gasteiger partial charge on any atom is -0.378 e. The van der Waals surface area contributed by atoms with Crippen LogP contribution in [0.15, 0.2) is 55.0 Å². The lowest BCUT2D eigenvalue weighted by Crippen LogP contribution is -2.05. The minimum absolute atomic E-state index is 0.667. The maximum absolute atomic E-state index is 6.27. The van der Waals surface area contributed by atoms with Gasteiger partial charge < -0.3 is 10.3 Å². The summed E-state index contributed by atoms with van der Waals surface area (Å²) in [6.45, 7) is 0.710. The SMILES string of the molecule is Clc1cccc(NCc2ccc[nH]2)c1-n1cccn1. The number of H-pyrrole nitrogens is 1. The van der Waals surface area contributed by atoms with Crippen LogP contribution in [0.1, 0.15) is 5.69 Å². The van der Waals surface area contributed by atoms with E-state index in [9.17, 15) is 0 Å². The normalized spacial score (nSPS) is 10.6. The molecule has 3 aromatic rings. The zero-order valence-corrected chi connectivity index (χ0v) is 10.9. The highest BCUT2D eigenvalue weighted by atomic mass is 35.5. The van der Waals surface area contributed by atoms with Crippen LogP contribution in [0.2, 0.25) is 5.02 Å². The zero-order valence-electron chi connectivity index (χ0n) is 10.2. The zero-order chi connectivity index (χ0) is 13.1. The van der Waals surface area contributed by atoms with Crippen molar-refractivity contribution in [3.05, 3.63) is 65.7 Å². The fourth-order valence-corrected chi connectivity index (χ4v) is 2.22. The summed E-state index contributed by atoms with van der Waals surface area (Å²) >= 11 is 6.27. The van der Waals surface area contributed by atoms with Gasteiger partial charge >= 0.3 is 0 Å². The first-order chi connectivity index (χ1) is 9.34. The molecule has 2 heterocycles. The highest BCUT2D eigenvalue weighted by Gasteiger charge is 2.09. The molecule has 0 radical (unpaired) electrons. The molecule has 0 atom stereocenters. The van der Waals surface area contributed by atoms with Crippen LogP contribution in [0.3, 0.4) is 0 Å². The van der Waals surface area contributed by atoms with E-state index in [0.717, 1.165) is 17.1 Å². The lowest BCUT2D eigenvalue weighted by molar-refractivity contribution is 0.879. The molecule has 0 saturated heterocycles.